The van der Waals surface area contributed by atoms with Crippen LogP contribution in [0.25, 0.3) is 0 Å². The van der Waals surface area contributed by atoms with Crippen LogP contribution in [0.1, 0.15) is 36.2 Å². The lowest BCUT2D eigenvalue weighted by Gasteiger charge is -2.15. The van der Waals surface area contributed by atoms with Gasteiger partial charge in [0.05, 0.1) is 23.7 Å². The number of methoxy groups -OCH3 is 1. The van der Waals surface area contributed by atoms with Crippen molar-refractivity contribution in [3.05, 3.63) is 62.7 Å². The van der Waals surface area contributed by atoms with E-state index in [0.717, 1.165) is 6.42 Å². The van der Waals surface area contributed by atoms with Gasteiger partial charge < -0.3 is 14.8 Å². The summed E-state index contributed by atoms with van der Waals surface area (Å²) >= 11 is 6.28. The molecule has 1 amide bonds. The summed E-state index contributed by atoms with van der Waals surface area (Å²) in [6.45, 7) is 4.68. The molecule has 0 heterocycles. The highest BCUT2D eigenvalue weighted by molar-refractivity contribution is 6.32. The van der Waals surface area contributed by atoms with Gasteiger partial charge in [0.15, 0.2) is 11.5 Å². The van der Waals surface area contributed by atoms with Crippen molar-refractivity contribution >= 4 is 23.2 Å². The summed E-state index contributed by atoms with van der Waals surface area (Å²) in [5.41, 5.74) is 0.636. The Morgan fingerprint density at radius 3 is 2.64 bits per heavy atom. The number of hydrogen-bond donors (Lipinski definition) is 1. The van der Waals surface area contributed by atoms with Gasteiger partial charge in [0.25, 0.3) is 11.6 Å². The third-order valence-electron chi connectivity index (χ3n) is 4.06. The lowest BCUT2D eigenvalue weighted by Crippen LogP contribution is -2.23. The van der Waals surface area contributed by atoms with Crippen molar-refractivity contribution in [1.82, 2.24) is 5.32 Å². The molecule has 1 N–H and O–H groups in total. The molecule has 2 rings (SSSR count). The second-order valence-electron chi connectivity index (χ2n) is 6.59. The SMILES string of the molecule is COc1cc(C(=O)NCc2ccccc2[N+](=O)[O-])cc(Cl)c1OCCC(C)C. The summed E-state index contributed by atoms with van der Waals surface area (Å²) in [6, 6.07) is 9.26. The predicted molar refractivity (Wildman–Crippen MR) is 107 cm³/mol. The lowest BCUT2D eigenvalue weighted by molar-refractivity contribution is -0.385. The number of halogens is 1. The van der Waals surface area contributed by atoms with Crippen molar-refractivity contribution in [3.8, 4) is 11.5 Å². The lowest BCUT2D eigenvalue weighted by atomic mass is 10.1. The van der Waals surface area contributed by atoms with Gasteiger partial charge in [0, 0.05) is 23.7 Å². The van der Waals surface area contributed by atoms with E-state index in [4.69, 9.17) is 21.1 Å². The smallest absolute Gasteiger partial charge is 0.274 e. The van der Waals surface area contributed by atoms with Gasteiger partial charge in [-0.2, -0.15) is 0 Å². The van der Waals surface area contributed by atoms with E-state index in [1.54, 1.807) is 18.2 Å². The Hall–Kier alpha value is -2.80. The van der Waals surface area contributed by atoms with E-state index in [1.165, 1.54) is 25.3 Å². The van der Waals surface area contributed by atoms with E-state index in [-0.39, 0.29) is 22.8 Å². The van der Waals surface area contributed by atoms with Crippen molar-refractivity contribution in [2.45, 2.75) is 26.8 Å². The Morgan fingerprint density at radius 1 is 1.29 bits per heavy atom. The molecule has 0 spiro atoms. The Balaban J connectivity index is 2.13. The van der Waals surface area contributed by atoms with Gasteiger partial charge in [-0.25, -0.2) is 0 Å². The molecule has 0 aliphatic carbocycles. The molecule has 8 heteroatoms. The topological polar surface area (TPSA) is 90.7 Å². The Bertz CT molecular complexity index is 854. The van der Waals surface area contributed by atoms with Gasteiger partial charge in [-0.05, 0) is 24.5 Å². The highest BCUT2D eigenvalue weighted by Gasteiger charge is 2.18. The summed E-state index contributed by atoms with van der Waals surface area (Å²) in [6.07, 6.45) is 0.859. The molecular weight excluding hydrogens is 384 g/mol. The zero-order chi connectivity index (χ0) is 20.7. The maximum absolute atomic E-state index is 12.5. The van der Waals surface area contributed by atoms with Crippen LogP contribution in [0.3, 0.4) is 0 Å². The first-order valence-corrected chi connectivity index (χ1v) is 9.22. The molecule has 0 bridgehead atoms. The van der Waals surface area contributed by atoms with Crippen LogP contribution in [0, 0.1) is 16.0 Å². The number of hydrogen-bond acceptors (Lipinski definition) is 5. The second kappa shape index (κ2) is 9.94. The molecule has 2 aromatic carbocycles. The molecule has 0 radical (unpaired) electrons. The number of para-hydroxylation sites is 1. The normalized spacial score (nSPS) is 10.6. The van der Waals surface area contributed by atoms with Crippen LogP contribution in [0.2, 0.25) is 5.02 Å². The van der Waals surface area contributed by atoms with Crippen LogP contribution >= 0.6 is 11.6 Å². The van der Waals surface area contributed by atoms with E-state index >= 15 is 0 Å². The van der Waals surface area contributed by atoms with Crippen LogP contribution in [0.5, 0.6) is 11.5 Å². The minimum Gasteiger partial charge on any atom is -0.493 e. The van der Waals surface area contributed by atoms with Gasteiger partial charge in [-0.15, -0.1) is 0 Å². The fraction of sp³-hybridized carbons (Fsp3) is 0.350. The number of carbonyl (C=O) groups excluding carboxylic acids is 1. The molecule has 0 aliphatic heterocycles. The van der Waals surface area contributed by atoms with E-state index in [9.17, 15) is 14.9 Å². The maximum Gasteiger partial charge on any atom is 0.274 e. The number of ether oxygens (including phenoxy) is 2. The third kappa shape index (κ3) is 5.60. The number of nitrogens with one attached hydrogen (secondary N) is 1. The third-order valence-corrected chi connectivity index (χ3v) is 4.34. The molecule has 0 saturated heterocycles. The van der Waals surface area contributed by atoms with E-state index in [1.807, 2.05) is 0 Å². The van der Waals surface area contributed by atoms with Gasteiger partial charge in [-0.3, -0.25) is 14.9 Å². The average Bonchev–Trinajstić information content (AvgIpc) is 2.66. The zero-order valence-electron chi connectivity index (χ0n) is 16.0. The fourth-order valence-electron chi connectivity index (χ4n) is 2.50. The first-order valence-electron chi connectivity index (χ1n) is 8.84. The fourth-order valence-corrected chi connectivity index (χ4v) is 2.77. The molecule has 0 aromatic heterocycles. The molecule has 0 aliphatic rings. The summed E-state index contributed by atoms with van der Waals surface area (Å²) in [7, 11) is 1.47. The first-order chi connectivity index (χ1) is 13.3. The van der Waals surface area contributed by atoms with Crippen LogP contribution in [0.15, 0.2) is 36.4 Å². The van der Waals surface area contributed by atoms with E-state index in [0.29, 0.717) is 29.6 Å². The highest BCUT2D eigenvalue weighted by atomic mass is 35.5. The van der Waals surface area contributed by atoms with Crippen molar-refractivity contribution in [2.24, 2.45) is 5.92 Å². The number of rotatable bonds is 9. The number of carbonyl (C=O) groups is 1. The zero-order valence-corrected chi connectivity index (χ0v) is 16.8. The summed E-state index contributed by atoms with van der Waals surface area (Å²) in [4.78, 5) is 23.1. The number of nitro groups is 1. The van der Waals surface area contributed by atoms with Crippen LogP contribution < -0.4 is 14.8 Å². The van der Waals surface area contributed by atoms with Crippen molar-refractivity contribution in [2.75, 3.05) is 13.7 Å². The maximum atomic E-state index is 12.5. The minimum absolute atomic E-state index is 0.0164. The van der Waals surface area contributed by atoms with Crippen LogP contribution in [0.4, 0.5) is 5.69 Å². The molecular formula is C20H23ClN2O5. The summed E-state index contributed by atoms with van der Waals surface area (Å²) in [5, 5.41) is 14.0. The number of nitro benzene ring substituents is 1. The minimum atomic E-state index is -0.481. The van der Waals surface area contributed by atoms with Gasteiger partial charge in [-0.1, -0.05) is 43.6 Å². The van der Waals surface area contributed by atoms with Gasteiger partial charge in [0.1, 0.15) is 0 Å². The molecule has 28 heavy (non-hydrogen) atoms. The monoisotopic (exact) mass is 406 g/mol. The van der Waals surface area contributed by atoms with Crippen molar-refractivity contribution in [1.29, 1.82) is 0 Å². The Labute approximate surface area is 168 Å². The molecule has 0 fully saturated rings. The standard InChI is InChI=1S/C20H23ClN2O5/c1-13(2)8-9-28-19-16(21)10-15(11-18(19)27-3)20(24)22-12-14-6-4-5-7-17(14)23(25)26/h4-7,10-11,13H,8-9,12H2,1-3H3,(H,22,24). The molecule has 0 saturated carbocycles. The van der Waals surface area contributed by atoms with Crippen molar-refractivity contribution in [3.63, 3.8) is 0 Å². The van der Waals surface area contributed by atoms with E-state index < -0.39 is 10.8 Å². The number of nitrogens with zero attached hydrogens (tertiary/aromatic N) is 1. The highest BCUT2D eigenvalue weighted by Crippen LogP contribution is 2.36. The molecule has 0 unspecified atom stereocenters. The second-order valence-corrected chi connectivity index (χ2v) is 7.00. The van der Waals surface area contributed by atoms with Gasteiger partial charge in [0.2, 0.25) is 0 Å². The van der Waals surface area contributed by atoms with Crippen LogP contribution in [-0.4, -0.2) is 24.5 Å². The Kier molecular flexibility index (Phi) is 7.63. The van der Waals surface area contributed by atoms with Crippen molar-refractivity contribution < 1.29 is 19.2 Å². The van der Waals surface area contributed by atoms with Gasteiger partial charge >= 0.3 is 0 Å². The molecule has 0 atom stereocenters. The van der Waals surface area contributed by atoms with E-state index in [2.05, 4.69) is 19.2 Å². The number of benzene rings is 2. The Morgan fingerprint density at radius 2 is 2.00 bits per heavy atom. The first kappa shape index (κ1) is 21.5. The largest absolute Gasteiger partial charge is 0.493 e. The molecule has 150 valence electrons. The molecule has 7 nitrogen and oxygen atoms in total. The average molecular weight is 407 g/mol. The quantitative estimate of drug-likeness (QED) is 0.485. The molecule has 2 aromatic rings. The number of amides is 1. The van der Waals surface area contributed by atoms with Crippen LogP contribution in [-0.2, 0) is 6.54 Å². The summed E-state index contributed by atoms with van der Waals surface area (Å²) < 4.78 is 11.0. The summed E-state index contributed by atoms with van der Waals surface area (Å²) in [5.74, 6) is 0.802. The predicted octanol–water partition coefficient (Wildman–Crippen LogP) is 4.61.